The Balaban J connectivity index is 1.82. The summed E-state index contributed by atoms with van der Waals surface area (Å²) in [5, 5.41) is 10.6. The lowest BCUT2D eigenvalue weighted by Gasteiger charge is -2.30. The molecule has 3 rings (SSSR count). The van der Waals surface area contributed by atoms with E-state index in [-0.39, 0.29) is 21.3 Å². The van der Waals surface area contributed by atoms with Gasteiger partial charge in [-0.05, 0) is 30.9 Å². The van der Waals surface area contributed by atoms with Crippen molar-refractivity contribution >= 4 is 34.3 Å². The van der Waals surface area contributed by atoms with E-state index in [1.165, 1.54) is 6.07 Å². The Morgan fingerprint density at radius 1 is 1.42 bits per heavy atom. The van der Waals surface area contributed by atoms with Crippen molar-refractivity contribution in [2.24, 2.45) is 10.9 Å². The van der Waals surface area contributed by atoms with Crippen LogP contribution in [0.15, 0.2) is 23.2 Å². The summed E-state index contributed by atoms with van der Waals surface area (Å²) in [5.41, 5.74) is 5.49. The second-order valence-corrected chi connectivity index (χ2v) is 8.61. The largest absolute Gasteiger partial charge is 0.389 e. The third-order valence-electron chi connectivity index (χ3n) is 5.24. The third kappa shape index (κ3) is 5.07. The Kier molecular flexibility index (Phi) is 7.32. The Labute approximate surface area is 183 Å². The first-order valence-electron chi connectivity index (χ1n) is 10.1. The molecule has 0 saturated carbocycles. The number of nitrogens with one attached hydrogen (secondary N) is 2. The van der Waals surface area contributed by atoms with Gasteiger partial charge in [0.1, 0.15) is 33.5 Å². The fourth-order valence-corrected chi connectivity index (χ4v) is 4.61. The van der Waals surface area contributed by atoms with Crippen molar-refractivity contribution in [3.63, 3.8) is 0 Å². The summed E-state index contributed by atoms with van der Waals surface area (Å²) in [5.74, 6) is -1.13. The highest BCUT2D eigenvalue weighted by Crippen LogP contribution is 2.33. The number of benzene rings is 1. The number of halogens is 2. The van der Waals surface area contributed by atoms with Gasteiger partial charge in [-0.1, -0.05) is 30.7 Å². The molecule has 1 aromatic carbocycles. The molecule has 0 aliphatic carbocycles. The minimum atomic E-state index is -0.784. The van der Waals surface area contributed by atoms with Crippen molar-refractivity contribution in [3.05, 3.63) is 35.5 Å². The van der Waals surface area contributed by atoms with Crippen LogP contribution in [0.25, 0.3) is 10.6 Å². The Bertz CT molecular complexity index is 972. The van der Waals surface area contributed by atoms with E-state index < -0.39 is 23.6 Å². The van der Waals surface area contributed by atoms with Crippen LogP contribution in [0.3, 0.4) is 0 Å². The molecule has 10 heteroatoms. The van der Waals surface area contributed by atoms with Crippen LogP contribution < -0.4 is 11.1 Å². The molecule has 2 heterocycles. The van der Waals surface area contributed by atoms with E-state index in [2.05, 4.69) is 27.1 Å². The fourth-order valence-electron chi connectivity index (χ4n) is 3.73. The van der Waals surface area contributed by atoms with Crippen LogP contribution in [-0.2, 0) is 0 Å². The molecule has 4 N–H and O–H groups in total. The molecule has 2 aromatic rings. The Hall–Kier alpha value is -2.88. The number of aromatic nitrogens is 1. The molecule has 166 valence electrons. The number of carbonyl (C=O) groups excluding carboxylic acids is 1. The van der Waals surface area contributed by atoms with Gasteiger partial charge in [0, 0.05) is 26.4 Å². The summed E-state index contributed by atoms with van der Waals surface area (Å²) in [4.78, 5) is 23.4. The molecule has 1 amide bonds. The second-order valence-electron chi connectivity index (χ2n) is 7.58. The molecule has 31 heavy (non-hydrogen) atoms. The fraction of sp³-hybridized carbons (Fsp3) is 0.429. The number of carbonyl (C=O) groups is 1. The SMILES string of the molecule is CN=C(C(C=N)NC(=O)c1nc(-c2c(F)cccc2F)sc1N)N1CCCCC(C)C1. The summed E-state index contributed by atoms with van der Waals surface area (Å²) in [6.07, 6.45) is 4.37. The van der Waals surface area contributed by atoms with Gasteiger partial charge in [-0.3, -0.25) is 9.79 Å². The van der Waals surface area contributed by atoms with Crippen LogP contribution in [0.2, 0.25) is 0 Å². The number of rotatable bonds is 5. The molecule has 1 aromatic heterocycles. The number of aliphatic imine (C=N–C) groups is 1. The van der Waals surface area contributed by atoms with Gasteiger partial charge in [0.25, 0.3) is 5.91 Å². The predicted octanol–water partition coefficient (Wildman–Crippen LogP) is 3.57. The van der Waals surface area contributed by atoms with Crippen molar-refractivity contribution < 1.29 is 13.6 Å². The van der Waals surface area contributed by atoms with Crippen LogP contribution in [-0.4, -0.2) is 54.0 Å². The molecule has 0 bridgehead atoms. The standard InChI is InChI=1S/C21H26F2N6OS/c1-12-6-3-4-9-29(11-12)19(26-2)15(10-24)27-20(30)17-18(25)31-21(28-17)16-13(22)7-5-8-14(16)23/h5,7-8,10,12,15,24H,3-4,6,9,11,25H2,1-2H3,(H,27,30). The summed E-state index contributed by atoms with van der Waals surface area (Å²) >= 11 is 0.832. The molecule has 1 saturated heterocycles. The zero-order valence-corrected chi connectivity index (χ0v) is 18.3. The van der Waals surface area contributed by atoms with Gasteiger partial charge in [0.05, 0.1) is 5.56 Å². The Morgan fingerprint density at radius 2 is 2.13 bits per heavy atom. The van der Waals surface area contributed by atoms with E-state index in [1.807, 2.05) is 0 Å². The van der Waals surface area contributed by atoms with Crippen molar-refractivity contribution in [1.29, 1.82) is 5.41 Å². The average Bonchev–Trinajstić information content (AvgIpc) is 2.97. The zero-order valence-electron chi connectivity index (χ0n) is 17.5. The van der Waals surface area contributed by atoms with Crippen LogP contribution >= 0.6 is 11.3 Å². The number of hydrogen-bond donors (Lipinski definition) is 3. The molecule has 0 radical (unpaired) electrons. The predicted molar refractivity (Wildman–Crippen MR) is 120 cm³/mol. The van der Waals surface area contributed by atoms with Gasteiger partial charge < -0.3 is 21.4 Å². The van der Waals surface area contributed by atoms with Crippen molar-refractivity contribution in [3.8, 4) is 10.6 Å². The lowest BCUT2D eigenvalue weighted by Crippen LogP contribution is -2.50. The lowest BCUT2D eigenvalue weighted by molar-refractivity contribution is 0.0949. The smallest absolute Gasteiger partial charge is 0.273 e. The number of nitrogen functional groups attached to an aromatic ring is 1. The van der Waals surface area contributed by atoms with E-state index in [9.17, 15) is 13.6 Å². The normalized spacial score (nSPS) is 18.4. The summed E-state index contributed by atoms with van der Waals surface area (Å²) in [6.45, 7) is 3.76. The highest BCUT2D eigenvalue weighted by Gasteiger charge is 2.27. The van der Waals surface area contributed by atoms with E-state index in [0.717, 1.165) is 62.0 Å². The molecule has 1 aliphatic rings. The van der Waals surface area contributed by atoms with Crippen molar-refractivity contribution in [2.75, 3.05) is 25.9 Å². The van der Waals surface area contributed by atoms with E-state index in [1.54, 1.807) is 7.05 Å². The maximum Gasteiger partial charge on any atom is 0.273 e. The van der Waals surface area contributed by atoms with Gasteiger partial charge in [-0.15, -0.1) is 0 Å². The van der Waals surface area contributed by atoms with Gasteiger partial charge in [0.15, 0.2) is 5.69 Å². The first-order valence-corrected chi connectivity index (χ1v) is 10.9. The van der Waals surface area contributed by atoms with E-state index in [4.69, 9.17) is 11.1 Å². The van der Waals surface area contributed by atoms with Gasteiger partial charge >= 0.3 is 0 Å². The van der Waals surface area contributed by atoms with Crippen LogP contribution in [0.1, 0.15) is 36.7 Å². The number of anilines is 1. The maximum absolute atomic E-state index is 14.1. The second kappa shape index (κ2) is 9.95. The van der Waals surface area contributed by atoms with Crippen molar-refractivity contribution in [2.45, 2.75) is 32.2 Å². The molecular weight excluding hydrogens is 422 g/mol. The molecule has 1 aliphatic heterocycles. The van der Waals surface area contributed by atoms with Crippen molar-refractivity contribution in [1.82, 2.24) is 15.2 Å². The number of amides is 1. The van der Waals surface area contributed by atoms with Crippen LogP contribution in [0.4, 0.5) is 13.8 Å². The van der Waals surface area contributed by atoms with Gasteiger partial charge in [0.2, 0.25) is 0 Å². The number of thiazole rings is 1. The van der Waals surface area contributed by atoms with E-state index in [0.29, 0.717) is 11.8 Å². The summed E-state index contributed by atoms with van der Waals surface area (Å²) in [7, 11) is 1.63. The highest BCUT2D eigenvalue weighted by molar-refractivity contribution is 7.19. The Morgan fingerprint density at radius 3 is 2.77 bits per heavy atom. The number of hydrogen-bond acceptors (Lipinski definition) is 6. The average molecular weight is 449 g/mol. The number of nitrogens with two attached hydrogens (primary N) is 1. The zero-order chi connectivity index (χ0) is 22.5. The minimum absolute atomic E-state index is 0.0182. The molecule has 0 spiro atoms. The van der Waals surface area contributed by atoms with Crippen LogP contribution in [0, 0.1) is 23.0 Å². The van der Waals surface area contributed by atoms with Gasteiger partial charge in [-0.25, -0.2) is 13.8 Å². The molecule has 1 fully saturated rings. The molecule has 2 unspecified atom stereocenters. The van der Waals surface area contributed by atoms with E-state index >= 15 is 0 Å². The highest BCUT2D eigenvalue weighted by atomic mass is 32.1. The summed E-state index contributed by atoms with van der Waals surface area (Å²) in [6, 6.07) is 2.72. The molecule has 7 nitrogen and oxygen atoms in total. The minimum Gasteiger partial charge on any atom is -0.389 e. The molecular formula is C21H26F2N6OS. The van der Waals surface area contributed by atoms with Crippen LogP contribution in [0.5, 0.6) is 0 Å². The number of nitrogens with zero attached hydrogens (tertiary/aromatic N) is 3. The summed E-state index contributed by atoms with van der Waals surface area (Å²) < 4.78 is 28.2. The molecule has 2 atom stereocenters. The topological polar surface area (TPSA) is 107 Å². The first kappa shape index (κ1) is 22.8. The maximum atomic E-state index is 14.1. The monoisotopic (exact) mass is 448 g/mol. The van der Waals surface area contributed by atoms with Gasteiger partial charge in [-0.2, -0.15) is 0 Å². The lowest BCUT2D eigenvalue weighted by atomic mass is 10.1. The quantitative estimate of drug-likeness (QED) is 0.480. The number of amidine groups is 1. The number of likely N-dealkylation sites (tertiary alicyclic amines) is 1. The first-order chi connectivity index (χ1) is 14.8. The third-order valence-corrected chi connectivity index (χ3v) is 6.14.